The molecule has 6 aliphatic rings. The Morgan fingerprint density at radius 1 is 0.516 bits per heavy atom. The van der Waals surface area contributed by atoms with Crippen LogP contribution in [0.4, 0.5) is 0 Å². The minimum absolute atomic E-state index is 0.0253. The number of hydrogen-bond donors (Lipinski definition) is 17. The number of benzene rings is 4. The number of phenolic OH excluding ortho intramolecular Hbond substituents is 5. The lowest BCUT2D eigenvalue weighted by molar-refractivity contribution is -0.358. The lowest BCUT2D eigenvalue weighted by Crippen LogP contribution is -2.65. The van der Waals surface area contributed by atoms with E-state index < -0.39 is 241 Å². The standard InChI is InChI=1S/C59H60O36/c1-18(62)84-50-40(73)34(91-57(47(50)80)88-31-13-24-26(66)9-22(64)10-29(24)86-48(31)20-4-7-25(65)27(67)8-20)17-83-35(69)14-36(70)92-53-45(78)44(77)52(55(81)82)94-58(53)85-23-11-28(68)37-30(12-23)87-49(19-2-5-21(63)6-3-19)51(41(37)74)93-59-54(43(76)39(72)33(16-61)90-59)95-56-46(79)42(75)38(71)32(15-60)89-56/h2-13,32-34,38-40,42-47,50,52-54,56-61,63,65-68,71-73,75-80H,14-17H2,1H3,(H,81,82)/t32-,33+,34-,38+,39+,40-,42+,43+,44+,45+,46-,47-,50+,52+,53-,54-,56+,57-,58-,59+/m1/s1. The molecule has 0 saturated carbocycles. The molecule has 3 aromatic carbocycles. The molecule has 0 radical (unpaired) electrons. The molecule has 36 heteroatoms. The predicted octanol–water partition coefficient (Wildman–Crippen LogP) is -4.07. The van der Waals surface area contributed by atoms with E-state index in [9.17, 15) is 116 Å². The fourth-order valence-electron chi connectivity index (χ4n) is 10.6. The fraction of sp³-hybridized carbons (Fsp3) is 0.424. The molecule has 4 saturated heterocycles. The Morgan fingerprint density at radius 3 is 1.82 bits per heavy atom. The topological polar surface area (TPSA) is 574 Å². The molecule has 5 aliphatic heterocycles. The second-order valence-electron chi connectivity index (χ2n) is 22.0. The van der Waals surface area contributed by atoms with Gasteiger partial charge >= 0.3 is 23.9 Å². The largest absolute Gasteiger partial charge is 0.508 e. The third-order valence-corrected chi connectivity index (χ3v) is 15.5. The number of aliphatic hydroxyl groups is 11. The van der Waals surface area contributed by atoms with E-state index in [-0.39, 0.29) is 34.0 Å². The number of hydrogen-bond acceptors (Lipinski definition) is 35. The summed E-state index contributed by atoms with van der Waals surface area (Å²) in [5, 5.41) is 180. The molecule has 4 aromatic rings. The molecule has 17 N–H and O–H groups in total. The SMILES string of the molecule is CC(=O)O[C@@H]1[C@@H](O)[C@H](Oc2cc3c(O)cc(=O)cc-3oc2-c2ccc(O)c(O)c2)O[C@H](COC(=O)CC(=O)O[C@H]2[C@H](Oc3cc(O)c4c(=O)c(O[C@@H]5O[C@@H](CO)[C@H](O)[C@H](O)[C@H]5O[C@@H]5O[C@H](CO)[C@H](O)[C@H](O)[C@H]5O)c(-c5ccc(O)cc5)oc4c3)O[C@H](C(=O)O)[C@@H](O)[C@@H]2O)[C@H]1O. The van der Waals surface area contributed by atoms with Crippen LogP contribution < -0.4 is 25.1 Å². The maximum absolute atomic E-state index is 14.7. The van der Waals surface area contributed by atoms with Crippen LogP contribution in [0.15, 0.2) is 91.2 Å². The molecule has 1 aliphatic carbocycles. The maximum Gasteiger partial charge on any atom is 0.335 e. The Balaban J connectivity index is 0.889. The second-order valence-corrected chi connectivity index (χ2v) is 22.0. The van der Waals surface area contributed by atoms with Crippen LogP contribution in [-0.4, -0.2) is 253 Å². The number of esters is 3. The van der Waals surface area contributed by atoms with Crippen LogP contribution in [0, 0.1) is 0 Å². The highest BCUT2D eigenvalue weighted by Gasteiger charge is 2.54. The number of ether oxygens (including phenoxy) is 11. The number of carboxylic acids is 1. The first-order valence-corrected chi connectivity index (χ1v) is 28.4. The highest BCUT2D eigenvalue weighted by molar-refractivity contribution is 5.91. The van der Waals surface area contributed by atoms with E-state index in [4.69, 9.17) is 60.9 Å². The number of rotatable bonds is 19. The van der Waals surface area contributed by atoms with Gasteiger partial charge in [0.1, 0.15) is 120 Å². The van der Waals surface area contributed by atoms with Crippen molar-refractivity contribution in [1.29, 1.82) is 0 Å². The van der Waals surface area contributed by atoms with Crippen LogP contribution >= 0.6 is 0 Å². The monoisotopic (exact) mass is 1340 g/mol. The van der Waals surface area contributed by atoms with E-state index in [1.54, 1.807) is 0 Å². The third kappa shape index (κ3) is 14.2. The quantitative estimate of drug-likeness (QED) is 0.0159. The van der Waals surface area contributed by atoms with E-state index in [1.165, 1.54) is 18.2 Å². The van der Waals surface area contributed by atoms with Gasteiger partial charge in [-0.05, 0) is 48.5 Å². The zero-order valence-electron chi connectivity index (χ0n) is 48.7. The lowest BCUT2D eigenvalue weighted by atomic mass is 9.97. The van der Waals surface area contributed by atoms with E-state index in [0.717, 1.165) is 55.5 Å². The van der Waals surface area contributed by atoms with Crippen molar-refractivity contribution in [3.05, 3.63) is 93.2 Å². The van der Waals surface area contributed by atoms with Crippen molar-refractivity contribution >= 4 is 34.8 Å². The van der Waals surface area contributed by atoms with Gasteiger partial charge in [0.25, 0.3) is 0 Å². The first-order chi connectivity index (χ1) is 45.0. The Kier molecular flexibility index (Phi) is 20.3. The number of phenols is 5. The normalized spacial score (nSPS) is 30.9. The first-order valence-electron chi connectivity index (χ1n) is 28.4. The molecule has 1 aromatic heterocycles. The number of aliphatic carboxylic acids is 1. The number of carboxylic acid groups (broad SMARTS) is 1. The van der Waals surface area contributed by atoms with Gasteiger partial charge in [-0.25, -0.2) is 4.79 Å². The predicted molar refractivity (Wildman–Crippen MR) is 302 cm³/mol. The molecule has 6 heterocycles. The highest BCUT2D eigenvalue weighted by atomic mass is 16.8. The average molecular weight is 1350 g/mol. The van der Waals surface area contributed by atoms with Gasteiger partial charge in [-0.3, -0.25) is 24.0 Å². The summed E-state index contributed by atoms with van der Waals surface area (Å²) < 4.78 is 73.5. The molecule has 0 amide bonds. The molecule has 20 atom stereocenters. The first kappa shape index (κ1) is 68.8. The summed E-state index contributed by atoms with van der Waals surface area (Å²) in [6.45, 7) is -2.05. The molecule has 0 unspecified atom stereocenters. The van der Waals surface area contributed by atoms with Gasteiger partial charge in [0.2, 0.25) is 30.0 Å². The van der Waals surface area contributed by atoms with Crippen LogP contribution in [0.3, 0.4) is 0 Å². The van der Waals surface area contributed by atoms with E-state index in [1.807, 2.05) is 0 Å². The molecule has 4 fully saturated rings. The number of fused-ring (bicyclic) bond motifs is 2. The molecule has 95 heavy (non-hydrogen) atoms. The van der Waals surface area contributed by atoms with Gasteiger partial charge in [-0.1, -0.05) is 0 Å². The Hall–Kier alpha value is -9.06. The minimum Gasteiger partial charge on any atom is -0.508 e. The summed E-state index contributed by atoms with van der Waals surface area (Å²) in [5.41, 5.74) is -2.85. The van der Waals surface area contributed by atoms with E-state index >= 15 is 0 Å². The van der Waals surface area contributed by atoms with Crippen molar-refractivity contribution in [2.75, 3.05) is 19.8 Å². The van der Waals surface area contributed by atoms with Gasteiger partial charge in [-0.2, -0.15) is 0 Å². The summed E-state index contributed by atoms with van der Waals surface area (Å²) in [5.74, 6) is -12.3. The van der Waals surface area contributed by atoms with Crippen molar-refractivity contribution in [3.8, 4) is 80.0 Å². The zero-order valence-corrected chi connectivity index (χ0v) is 48.7. The second kappa shape index (κ2) is 28.1. The summed E-state index contributed by atoms with van der Waals surface area (Å²) in [6, 6.07) is 12.4. The molecule has 10 rings (SSSR count). The number of aromatic hydroxyl groups is 5. The molecule has 512 valence electrons. The van der Waals surface area contributed by atoms with Crippen molar-refractivity contribution in [2.45, 2.75) is 136 Å². The fourth-order valence-corrected chi connectivity index (χ4v) is 10.6. The molecular weight excluding hydrogens is 1280 g/mol. The van der Waals surface area contributed by atoms with Gasteiger partial charge in [0.05, 0.1) is 18.8 Å². The van der Waals surface area contributed by atoms with Crippen LogP contribution in [-0.2, 0) is 57.1 Å². The Morgan fingerprint density at radius 2 is 1.16 bits per heavy atom. The van der Waals surface area contributed by atoms with Crippen molar-refractivity contribution in [3.63, 3.8) is 0 Å². The van der Waals surface area contributed by atoms with E-state index in [2.05, 4.69) is 0 Å². The van der Waals surface area contributed by atoms with Crippen LogP contribution in [0.5, 0.6) is 46.0 Å². The number of carbonyl (C=O) groups is 4. The molecule has 0 bridgehead atoms. The van der Waals surface area contributed by atoms with Crippen LogP contribution in [0.25, 0.3) is 44.9 Å². The summed E-state index contributed by atoms with van der Waals surface area (Å²) in [6.07, 6.45) is -42.7. The Labute approximate surface area is 529 Å². The smallest absolute Gasteiger partial charge is 0.335 e. The maximum atomic E-state index is 14.7. The molecule has 36 nitrogen and oxygen atoms in total. The van der Waals surface area contributed by atoms with Crippen LogP contribution in [0.1, 0.15) is 13.3 Å². The highest BCUT2D eigenvalue weighted by Crippen LogP contribution is 2.45. The van der Waals surface area contributed by atoms with Gasteiger partial charge in [0.15, 0.2) is 71.0 Å². The summed E-state index contributed by atoms with van der Waals surface area (Å²) in [7, 11) is 0. The average Bonchev–Trinajstić information content (AvgIpc) is 0.764. The zero-order chi connectivity index (χ0) is 68.8. The van der Waals surface area contributed by atoms with Crippen LogP contribution in [0.2, 0.25) is 0 Å². The number of aliphatic hydroxyl groups excluding tert-OH is 11. The van der Waals surface area contributed by atoms with E-state index in [0.29, 0.717) is 6.07 Å². The van der Waals surface area contributed by atoms with Gasteiger partial charge in [0, 0.05) is 42.3 Å². The molecule has 0 spiro atoms. The lowest BCUT2D eigenvalue weighted by Gasteiger charge is -2.45. The van der Waals surface area contributed by atoms with Gasteiger partial charge < -0.3 is 148 Å². The number of carbonyl (C=O) groups excluding carboxylic acids is 3. The summed E-state index contributed by atoms with van der Waals surface area (Å²) in [4.78, 5) is 78.5. The summed E-state index contributed by atoms with van der Waals surface area (Å²) >= 11 is 0. The van der Waals surface area contributed by atoms with Crippen molar-refractivity contribution < 1.29 is 167 Å². The van der Waals surface area contributed by atoms with Crippen molar-refractivity contribution in [2.24, 2.45) is 0 Å². The van der Waals surface area contributed by atoms with Crippen molar-refractivity contribution in [1.82, 2.24) is 0 Å². The molecular formula is C59H60O36. The minimum atomic E-state index is -2.43. The van der Waals surface area contributed by atoms with Gasteiger partial charge in [-0.15, -0.1) is 0 Å². The Bertz CT molecular complexity index is 3890. The third-order valence-electron chi connectivity index (χ3n) is 15.5.